The molecule has 0 aliphatic carbocycles. The second-order valence-corrected chi connectivity index (χ2v) is 9.55. The van der Waals surface area contributed by atoms with E-state index in [1.54, 1.807) is 11.8 Å². The van der Waals surface area contributed by atoms with E-state index >= 15 is 0 Å². The van der Waals surface area contributed by atoms with Crippen LogP contribution in [0.25, 0.3) is 0 Å². The van der Waals surface area contributed by atoms with Crippen LogP contribution >= 0.6 is 23.4 Å². The lowest BCUT2D eigenvalue weighted by Gasteiger charge is -2.26. The summed E-state index contributed by atoms with van der Waals surface area (Å²) in [5.41, 5.74) is 2.33. The minimum Gasteiger partial charge on any atom is -0.486 e. The molecule has 1 saturated heterocycles. The van der Waals surface area contributed by atoms with Crippen molar-refractivity contribution in [2.75, 3.05) is 26.3 Å². The second kappa shape index (κ2) is 10.1. The van der Waals surface area contributed by atoms with Crippen molar-refractivity contribution in [3.05, 3.63) is 64.4 Å². The molecule has 2 aromatic carbocycles. The number of benzene rings is 2. The third kappa shape index (κ3) is 5.05. The van der Waals surface area contributed by atoms with Gasteiger partial charge in [-0.05, 0) is 49.2 Å². The fraction of sp³-hybridized carbons (Fsp3) is 0.417. The second-order valence-electron chi connectivity index (χ2n) is 8.20. The standard InChI is InChI=1S/C24H27ClN4O2S/c25-20-13-19(14-21-23(20)31-12-11-30-21)17-32-24-27-26-22(16-28-9-5-2-6-10-28)29(24)15-18-7-3-1-4-8-18/h1,3-4,7-8,13-14H,2,5-6,9-12,15-17H2. The average Bonchev–Trinajstić information content (AvgIpc) is 3.20. The number of fused-ring (bicyclic) bond motifs is 1. The maximum absolute atomic E-state index is 6.43. The van der Waals surface area contributed by atoms with Gasteiger partial charge in [-0.2, -0.15) is 0 Å². The molecule has 0 spiro atoms. The van der Waals surface area contributed by atoms with Crippen molar-refractivity contribution in [1.82, 2.24) is 19.7 Å². The maximum Gasteiger partial charge on any atom is 0.191 e. The summed E-state index contributed by atoms with van der Waals surface area (Å²) in [6, 6.07) is 14.5. The lowest BCUT2D eigenvalue weighted by atomic mass is 10.1. The largest absolute Gasteiger partial charge is 0.486 e. The van der Waals surface area contributed by atoms with E-state index in [9.17, 15) is 0 Å². The number of aromatic nitrogens is 3. The van der Waals surface area contributed by atoms with Gasteiger partial charge in [0.05, 0.1) is 18.1 Å². The van der Waals surface area contributed by atoms with E-state index in [0.717, 1.165) is 54.2 Å². The monoisotopic (exact) mass is 470 g/mol. The van der Waals surface area contributed by atoms with Crippen LogP contribution in [0.2, 0.25) is 5.02 Å². The average molecular weight is 471 g/mol. The van der Waals surface area contributed by atoms with Crippen LogP contribution in [-0.4, -0.2) is 46.0 Å². The quantitative estimate of drug-likeness (QED) is 0.451. The lowest BCUT2D eigenvalue weighted by Crippen LogP contribution is -2.30. The molecule has 8 heteroatoms. The molecule has 0 N–H and O–H groups in total. The third-order valence-electron chi connectivity index (χ3n) is 5.82. The molecule has 0 radical (unpaired) electrons. The summed E-state index contributed by atoms with van der Waals surface area (Å²) in [6.07, 6.45) is 3.85. The number of thioether (sulfide) groups is 1. The summed E-state index contributed by atoms with van der Waals surface area (Å²) in [7, 11) is 0. The predicted molar refractivity (Wildman–Crippen MR) is 127 cm³/mol. The normalized spacial score (nSPS) is 16.3. The zero-order valence-electron chi connectivity index (χ0n) is 18.0. The first-order valence-electron chi connectivity index (χ1n) is 11.2. The summed E-state index contributed by atoms with van der Waals surface area (Å²) in [4.78, 5) is 2.49. The summed E-state index contributed by atoms with van der Waals surface area (Å²) in [5, 5.41) is 10.7. The molecule has 0 amide bonds. The smallest absolute Gasteiger partial charge is 0.191 e. The molecular formula is C24H27ClN4O2S. The van der Waals surface area contributed by atoms with Crippen LogP contribution in [0.1, 0.15) is 36.2 Å². The molecule has 1 fully saturated rings. The van der Waals surface area contributed by atoms with Gasteiger partial charge in [-0.3, -0.25) is 4.90 Å². The van der Waals surface area contributed by atoms with E-state index in [4.69, 9.17) is 21.1 Å². The highest BCUT2D eigenvalue weighted by atomic mass is 35.5. The first-order chi connectivity index (χ1) is 15.8. The van der Waals surface area contributed by atoms with E-state index in [0.29, 0.717) is 24.0 Å². The van der Waals surface area contributed by atoms with Crippen molar-refractivity contribution in [2.24, 2.45) is 0 Å². The lowest BCUT2D eigenvalue weighted by molar-refractivity contribution is 0.171. The minimum absolute atomic E-state index is 0.531. The Kier molecular flexibility index (Phi) is 6.86. The highest BCUT2D eigenvalue weighted by Gasteiger charge is 2.20. The van der Waals surface area contributed by atoms with Crippen LogP contribution in [-0.2, 0) is 18.8 Å². The highest BCUT2D eigenvalue weighted by Crippen LogP contribution is 2.39. The number of hydrogen-bond acceptors (Lipinski definition) is 6. The molecular weight excluding hydrogens is 444 g/mol. The molecule has 0 atom stereocenters. The molecule has 3 aromatic rings. The molecule has 168 valence electrons. The van der Waals surface area contributed by atoms with Crippen molar-refractivity contribution in [1.29, 1.82) is 0 Å². The van der Waals surface area contributed by atoms with Crippen molar-refractivity contribution >= 4 is 23.4 Å². The SMILES string of the molecule is Clc1cc(CSc2nnc(CN3CCCCC3)n2Cc2ccccc2)cc2c1OCCO2. The number of ether oxygens (including phenoxy) is 2. The Bertz CT molecular complexity index is 1050. The summed E-state index contributed by atoms with van der Waals surface area (Å²) in [6.45, 7) is 4.96. The first kappa shape index (κ1) is 21.6. The third-order valence-corrected chi connectivity index (χ3v) is 7.13. The molecule has 2 aliphatic rings. The topological polar surface area (TPSA) is 52.4 Å². The van der Waals surface area contributed by atoms with Gasteiger partial charge in [0.15, 0.2) is 16.7 Å². The first-order valence-corrected chi connectivity index (χ1v) is 12.5. The van der Waals surface area contributed by atoms with Gasteiger partial charge in [0.1, 0.15) is 19.0 Å². The van der Waals surface area contributed by atoms with Crippen molar-refractivity contribution < 1.29 is 9.47 Å². The van der Waals surface area contributed by atoms with Crippen molar-refractivity contribution in [2.45, 2.75) is 43.3 Å². The fourth-order valence-electron chi connectivity index (χ4n) is 4.18. The minimum atomic E-state index is 0.531. The zero-order chi connectivity index (χ0) is 21.8. The molecule has 5 rings (SSSR count). The van der Waals surface area contributed by atoms with E-state index in [-0.39, 0.29) is 0 Å². The summed E-state index contributed by atoms with van der Waals surface area (Å²) in [5.74, 6) is 3.12. The van der Waals surface area contributed by atoms with Crippen molar-refractivity contribution in [3.8, 4) is 11.5 Å². The molecule has 0 bridgehead atoms. The molecule has 6 nitrogen and oxygen atoms in total. The van der Waals surface area contributed by atoms with Crippen LogP contribution in [0.5, 0.6) is 11.5 Å². The number of hydrogen-bond donors (Lipinski definition) is 0. The van der Waals surface area contributed by atoms with Gasteiger partial charge in [0.2, 0.25) is 0 Å². The molecule has 2 aliphatic heterocycles. The van der Waals surface area contributed by atoms with E-state index in [1.165, 1.54) is 24.8 Å². The highest BCUT2D eigenvalue weighted by molar-refractivity contribution is 7.98. The van der Waals surface area contributed by atoms with Gasteiger partial charge in [0.25, 0.3) is 0 Å². The number of likely N-dealkylation sites (tertiary alicyclic amines) is 1. The van der Waals surface area contributed by atoms with Crippen LogP contribution < -0.4 is 9.47 Å². The Morgan fingerprint density at radius 1 is 0.906 bits per heavy atom. The Morgan fingerprint density at radius 3 is 2.56 bits per heavy atom. The Morgan fingerprint density at radius 2 is 1.72 bits per heavy atom. The van der Waals surface area contributed by atoms with Gasteiger partial charge in [0, 0.05) is 5.75 Å². The molecule has 0 unspecified atom stereocenters. The molecule has 3 heterocycles. The van der Waals surface area contributed by atoms with Crippen LogP contribution in [0.15, 0.2) is 47.6 Å². The number of nitrogens with zero attached hydrogens (tertiary/aromatic N) is 4. The summed E-state index contributed by atoms with van der Waals surface area (Å²) < 4.78 is 13.6. The van der Waals surface area contributed by atoms with E-state index in [2.05, 4.69) is 43.9 Å². The number of halogens is 1. The Labute approximate surface area is 197 Å². The zero-order valence-corrected chi connectivity index (χ0v) is 19.6. The number of rotatable bonds is 7. The Balaban J connectivity index is 1.36. The molecule has 32 heavy (non-hydrogen) atoms. The van der Waals surface area contributed by atoms with Gasteiger partial charge < -0.3 is 14.0 Å². The van der Waals surface area contributed by atoms with Crippen LogP contribution in [0, 0.1) is 0 Å². The fourth-order valence-corrected chi connectivity index (χ4v) is 5.36. The van der Waals surface area contributed by atoms with Gasteiger partial charge in [-0.15, -0.1) is 10.2 Å². The predicted octanol–water partition coefficient (Wildman–Crippen LogP) is 5.03. The van der Waals surface area contributed by atoms with Gasteiger partial charge in [-0.25, -0.2) is 0 Å². The van der Waals surface area contributed by atoms with Crippen LogP contribution in [0.4, 0.5) is 0 Å². The van der Waals surface area contributed by atoms with Crippen molar-refractivity contribution in [3.63, 3.8) is 0 Å². The molecule has 0 saturated carbocycles. The molecule has 1 aromatic heterocycles. The van der Waals surface area contributed by atoms with Gasteiger partial charge >= 0.3 is 0 Å². The van der Waals surface area contributed by atoms with Gasteiger partial charge in [-0.1, -0.05) is 60.1 Å². The van der Waals surface area contributed by atoms with E-state index in [1.807, 2.05) is 18.2 Å². The van der Waals surface area contributed by atoms with E-state index < -0.39 is 0 Å². The maximum atomic E-state index is 6.43. The Hall–Kier alpha value is -2.22. The van der Waals surface area contributed by atoms with Crippen LogP contribution in [0.3, 0.4) is 0 Å². The number of piperidine rings is 1. The summed E-state index contributed by atoms with van der Waals surface area (Å²) >= 11 is 8.10.